The molecule has 0 bridgehead atoms. The highest BCUT2D eigenvalue weighted by Gasteiger charge is 2.55. The van der Waals surface area contributed by atoms with Gasteiger partial charge in [0.15, 0.2) is 0 Å². The zero-order valence-corrected chi connectivity index (χ0v) is 12.3. The van der Waals surface area contributed by atoms with E-state index in [9.17, 15) is 9.59 Å². The molecule has 2 aliphatic carbocycles. The molecule has 2 amide bonds. The average molecular weight is 305 g/mol. The first-order valence-electron chi connectivity index (χ1n) is 7.51. The fraction of sp³-hybridized carbons (Fsp3) is 0.500. The lowest BCUT2D eigenvalue weighted by molar-refractivity contribution is -0.123. The number of carbonyl (C=O) groups excluding carboxylic acids is 2. The molecule has 2 fully saturated rings. The van der Waals surface area contributed by atoms with Crippen molar-refractivity contribution in [2.24, 2.45) is 17.8 Å². The van der Waals surface area contributed by atoms with Crippen LogP contribution in [-0.2, 0) is 9.59 Å². The Bertz CT molecular complexity index is 621. The van der Waals surface area contributed by atoms with Crippen molar-refractivity contribution in [1.82, 2.24) is 0 Å². The summed E-state index contributed by atoms with van der Waals surface area (Å²) in [5.74, 6) is 1.60. The van der Waals surface area contributed by atoms with Gasteiger partial charge in [0.05, 0.1) is 16.8 Å². The molecule has 4 nitrogen and oxygen atoms in total. The summed E-state index contributed by atoms with van der Waals surface area (Å²) in [7, 11) is 0. The van der Waals surface area contributed by atoms with Crippen LogP contribution >= 0.6 is 11.6 Å². The topological polar surface area (TPSA) is 58.2 Å². The lowest BCUT2D eigenvalue weighted by Gasteiger charge is -2.15. The van der Waals surface area contributed by atoms with Crippen molar-refractivity contribution in [2.45, 2.75) is 31.1 Å². The van der Waals surface area contributed by atoms with Crippen LogP contribution in [0.15, 0.2) is 18.2 Å². The Hall–Kier alpha value is -1.55. The lowest BCUT2D eigenvalue weighted by atomic mass is 10.0. The molecule has 0 aromatic heterocycles. The lowest BCUT2D eigenvalue weighted by Crippen LogP contribution is -2.16. The molecule has 0 saturated heterocycles. The molecule has 4 rings (SSSR count). The quantitative estimate of drug-likeness (QED) is 0.650. The number of nitrogens with one attached hydrogen (secondary N) is 2. The number of carbonyl (C=O) groups is 2. The largest absolute Gasteiger partial charge is 0.324 e. The van der Waals surface area contributed by atoms with E-state index < -0.39 is 0 Å². The van der Waals surface area contributed by atoms with Crippen LogP contribution in [-0.4, -0.2) is 11.8 Å². The molecule has 3 atom stereocenters. The van der Waals surface area contributed by atoms with Crippen LogP contribution in [0.3, 0.4) is 0 Å². The summed E-state index contributed by atoms with van der Waals surface area (Å²) in [4.78, 5) is 23.2. The van der Waals surface area contributed by atoms with E-state index in [4.69, 9.17) is 11.6 Å². The van der Waals surface area contributed by atoms with E-state index in [1.54, 1.807) is 0 Å². The maximum absolute atomic E-state index is 11.6. The number of halogens is 1. The molecule has 0 radical (unpaired) electrons. The van der Waals surface area contributed by atoms with Crippen molar-refractivity contribution in [3.63, 3.8) is 0 Å². The number of anilines is 2. The number of rotatable bonds is 2. The predicted molar refractivity (Wildman–Crippen MR) is 81.2 cm³/mol. The van der Waals surface area contributed by atoms with Gasteiger partial charge in [0.2, 0.25) is 11.8 Å². The van der Waals surface area contributed by atoms with Gasteiger partial charge in [0, 0.05) is 0 Å². The molecular weight excluding hydrogens is 288 g/mol. The van der Waals surface area contributed by atoms with Crippen molar-refractivity contribution in [1.29, 1.82) is 0 Å². The number of hydrogen-bond acceptors (Lipinski definition) is 2. The first-order valence-corrected chi connectivity index (χ1v) is 7.95. The van der Waals surface area contributed by atoms with Crippen LogP contribution in [0.1, 0.15) is 36.6 Å². The molecule has 1 aliphatic heterocycles. The molecule has 0 spiro atoms. The van der Waals surface area contributed by atoms with Crippen molar-refractivity contribution < 1.29 is 9.59 Å². The van der Waals surface area contributed by atoms with Crippen LogP contribution in [0.5, 0.6) is 0 Å². The van der Waals surface area contributed by atoms with Crippen LogP contribution < -0.4 is 10.6 Å². The fourth-order valence-corrected chi connectivity index (χ4v) is 4.52. The van der Waals surface area contributed by atoms with Crippen LogP contribution in [0, 0.1) is 17.8 Å². The molecule has 3 aliphatic rings. The van der Waals surface area contributed by atoms with Gasteiger partial charge in [-0.25, -0.2) is 0 Å². The Balaban J connectivity index is 1.60. The van der Waals surface area contributed by atoms with Gasteiger partial charge in [-0.05, 0) is 48.3 Å². The highest BCUT2D eigenvalue weighted by atomic mass is 35.5. The van der Waals surface area contributed by atoms with Crippen LogP contribution in [0.4, 0.5) is 11.4 Å². The van der Waals surface area contributed by atoms with E-state index in [1.165, 1.54) is 19.3 Å². The second-order valence-corrected chi connectivity index (χ2v) is 6.79. The smallest absolute Gasteiger partial charge is 0.233 e. The number of fused-ring (bicyclic) bond motifs is 2. The third kappa shape index (κ3) is 2.22. The molecule has 110 valence electrons. The van der Waals surface area contributed by atoms with Gasteiger partial charge in [-0.2, -0.15) is 0 Å². The molecule has 1 aromatic rings. The van der Waals surface area contributed by atoms with Gasteiger partial charge in [0.25, 0.3) is 0 Å². The van der Waals surface area contributed by atoms with Gasteiger partial charge in [-0.3, -0.25) is 9.59 Å². The number of hydrogen-bond donors (Lipinski definition) is 2. The minimum absolute atomic E-state index is 0.00135. The summed E-state index contributed by atoms with van der Waals surface area (Å²) < 4.78 is 0. The number of benzene rings is 1. The average Bonchev–Trinajstić information content (AvgIpc) is 2.97. The Morgan fingerprint density at radius 1 is 1.05 bits per heavy atom. The maximum Gasteiger partial charge on any atom is 0.233 e. The predicted octanol–water partition coefficient (Wildman–Crippen LogP) is 3.29. The molecule has 21 heavy (non-hydrogen) atoms. The summed E-state index contributed by atoms with van der Waals surface area (Å²) in [6.45, 7) is 0. The van der Waals surface area contributed by atoms with Gasteiger partial charge >= 0.3 is 0 Å². The highest BCUT2D eigenvalue weighted by Crippen LogP contribution is 2.64. The third-order valence-corrected chi connectivity index (χ3v) is 5.58. The molecule has 2 saturated carbocycles. The standard InChI is InChI=1S/C16H17ClN2O2/c17-16(15-9-2-1-3-10(9)15)8-4-5-11-12(6-8)19-14(21)7-13(20)18-11/h4-6,9-10,15-16H,1-3,7H2,(H,18,20)(H,19,21). The van der Waals surface area contributed by atoms with Gasteiger partial charge in [0.1, 0.15) is 6.42 Å². The molecule has 3 unspecified atom stereocenters. The zero-order valence-electron chi connectivity index (χ0n) is 11.6. The van der Waals surface area contributed by atoms with Crippen molar-refractivity contribution in [3.8, 4) is 0 Å². The van der Waals surface area contributed by atoms with Crippen LogP contribution in [0.2, 0.25) is 0 Å². The third-order valence-electron chi connectivity index (χ3n) is 5.04. The van der Waals surface area contributed by atoms with Gasteiger partial charge < -0.3 is 10.6 Å². The fourth-order valence-electron chi connectivity index (χ4n) is 4.01. The molecule has 2 N–H and O–H groups in total. The highest BCUT2D eigenvalue weighted by molar-refractivity contribution is 6.21. The Morgan fingerprint density at radius 2 is 1.71 bits per heavy atom. The molecular formula is C16H17ClN2O2. The molecule has 5 heteroatoms. The first kappa shape index (κ1) is 13.1. The van der Waals surface area contributed by atoms with Crippen LogP contribution in [0.25, 0.3) is 0 Å². The summed E-state index contributed by atoms with van der Waals surface area (Å²) in [5.41, 5.74) is 2.33. The van der Waals surface area contributed by atoms with E-state index in [-0.39, 0.29) is 23.6 Å². The van der Waals surface area contributed by atoms with Crippen molar-refractivity contribution >= 4 is 34.8 Å². The molecule has 1 aromatic carbocycles. The molecule has 1 heterocycles. The minimum Gasteiger partial charge on any atom is -0.324 e. The second kappa shape index (κ2) is 4.73. The number of alkyl halides is 1. The summed E-state index contributed by atoms with van der Waals surface area (Å²) >= 11 is 6.65. The summed E-state index contributed by atoms with van der Waals surface area (Å²) in [5, 5.41) is 5.52. The monoisotopic (exact) mass is 304 g/mol. The van der Waals surface area contributed by atoms with E-state index in [0.29, 0.717) is 17.3 Å². The van der Waals surface area contributed by atoms with E-state index in [2.05, 4.69) is 10.6 Å². The summed E-state index contributed by atoms with van der Waals surface area (Å²) in [6, 6.07) is 5.70. The SMILES string of the molecule is O=C1CC(=O)Nc2cc(C(Cl)C3C4CCCC43)ccc2N1. The van der Waals surface area contributed by atoms with E-state index in [1.807, 2.05) is 18.2 Å². The van der Waals surface area contributed by atoms with Crippen molar-refractivity contribution in [2.75, 3.05) is 10.6 Å². The minimum atomic E-state index is -0.280. The van der Waals surface area contributed by atoms with Crippen molar-refractivity contribution in [3.05, 3.63) is 23.8 Å². The summed E-state index contributed by atoms with van der Waals surface area (Å²) in [6.07, 6.45) is 3.80. The second-order valence-electron chi connectivity index (χ2n) is 6.32. The number of amides is 2. The zero-order chi connectivity index (χ0) is 14.6. The van der Waals surface area contributed by atoms with Gasteiger partial charge in [-0.15, -0.1) is 11.6 Å². The maximum atomic E-state index is 11.6. The normalized spacial score (nSPS) is 31.6. The van der Waals surface area contributed by atoms with E-state index >= 15 is 0 Å². The Kier molecular flexibility index (Phi) is 2.96. The van der Waals surface area contributed by atoms with Gasteiger partial charge in [-0.1, -0.05) is 12.5 Å². The van der Waals surface area contributed by atoms with E-state index in [0.717, 1.165) is 17.4 Å². The Morgan fingerprint density at radius 3 is 2.43 bits per heavy atom. The first-order chi connectivity index (χ1) is 10.1. The Labute approximate surface area is 128 Å².